The van der Waals surface area contributed by atoms with E-state index in [9.17, 15) is 4.79 Å². The van der Waals surface area contributed by atoms with Crippen LogP contribution < -0.4 is 11.0 Å². The smallest absolute Gasteiger partial charge is 0.268 e. The van der Waals surface area contributed by atoms with Gasteiger partial charge in [0.1, 0.15) is 4.83 Å². The molecule has 0 amide bonds. The number of thiophene rings is 1. The highest BCUT2D eigenvalue weighted by molar-refractivity contribution is 7.18. The fourth-order valence-corrected chi connectivity index (χ4v) is 5.05. The molecule has 29 heavy (non-hydrogen) atoms. The van der Waals surface area contributed by atoms with Crippen LogP contribution in [0.3, 0.4) is 0 Å². The van der Waals surface area contributed by atoms with E-state index in [0.29, 0.717) is 5.95 Å². The monoisotopic (exact) mass is 400 g/mol. The summed E-state index contributed by atoms with van der Waals surface area (Å²) in [7, 11) is 0. The van der Waals surface area contributed by atoms with Crippen molar-refractivity contribution in [3.63, 3.8) is 0 Å². The van der Waals surface area contributed by atoms with Crippen molar-refractivity contribution in [3.8, 4) is 5.69 Å². The summed E-state index contributed by atoms with van der Waals surface area (Å²) in [5.74, 6) is 0.430. The molecule has 0 saturated heterocycles. The molecule has 0 atom stereocenters. The predicted molar refractivity (Wildman–Crippen MR) is 120 cm³/mol. The Bertz CT molecular complexity index is 1240. The Morgan fingerprint density at radius 1 is 1.00 bits per heavy atom. The van der Waals surface area contributed by atoms with Crippen LogP contribution in [0.2, 0.25) is 0 Å². The molecule has 0 radical (unpaired) electrons. The molecule has 2 aromatic carbocycles. The number of nitrogens with zero attached hydrogens (tertiary/aromatic N) is 3. The van der Waals surface area contributed by atoms with Crippen molar-refractivity contribution < 1.29 is 0 Å². The Kier molecular flexibility index (Phi) is 4.69. The normalized spacial score (nSPS) is 13.7. The summed E-state index contributed by atoms with van der Waals surface area (Å²) in [6.07, 6.45) is 6.03. The number of benzene rings is 2. The first-order chi connectivity index (χ1) is 14.3. The Labute approximate surface area is 172 Å². The summed E-state index contributed by atoms with van der Waals surface area (Å²) in [4.78, 5) is 20.5. The Hall–Kier alpha value is -3.25. The number of hydrogen-bond acceptors (Lipinski definition) is 5. The molecule has 0 spiro atoms. The van der Waals surface area contributed by atoms with Gasteiger partial charge in [0.2, 0.25) is 5.95 Å². The molecule has 5 rings (SSSR count). The van der Waals surface area contributed by atoms with Crippen molar-refractivity contribution >= 4 is 33.7 Å². The van der Waals surface area contributed by atoms with Gasteiger partial charge in [-0.2, -0.15) is 5.10 Å². The number of rotatable bonds is 4. The van der Waals surface area contributed by atoms with Gasteiger partial charge in [-0.3, -0.25) is 4.79 Å². The maximum absolute atomic E-state index is 13.6. The molecule has 0 saturated carbocycles. The topological polar surface area (TPSA) is 59.3 Å². The minimum Gasteiger partial charge on any atom is -0.268 e. The molecule has 0 fully saturated rings. The molecular weight excluding hydrogens is 380 g/mol. The third-order valence-corrected chi connectivity index (χ3v) is 6.37. The van der Waals surface area contributed by atoms with Crippen molar-refractivity contribution in [1.82, 2.24) is 9.55 Å². The minimum absolute atomic E-state index is 0.0296. The summed E-state index contributed by atoms with van der Waals surface area (Å²) in [6, 6.07) is 19.4. The van der Waals surface area contributed by atoms with Crippen LogP contribution in [0.4, 0.5) is 5.95 Å². The molecule has 2 heterocycles. The van der Waals surface area contributed by atoms with Crippen LogP contribution in [0.5, 0.6) is 0 Å². The number of para-hydroxylation sites is 1. The van der Waals surface area contributed by atoms with Gasteiger partial charge < -0.3 is 0 Å². The van der Waals surface area contributed by atoms with Gasteiger partial charge in [0.25, 0.3) is 5.56 Å². The van der Waals surface area contributed by atoms with Crippen LogP contribution in [0.1, 0.15) is 28.8 Å². The van der Waals surface area contributed by atoms with E-state index in [1.54, 1.807) is 22.1 Å². The van der Waals surface area contributed by atoms with Gasteiger partial charge in [0.15, 0.2) is 0 Å². The largest absolute Gasteiger partial charge is 0.268 e. The zero-order valence-corrected chi connectivity index (χ0v) is 16.7. The zero-order valence-electron chi connectivity index (χ0n) is 15.8. The highest BCUT2D eigenvalue weighted by Crippen LogP contribution is 2.34. The minimum atomic E-state index is -0.0296. The zero-order chi connectivity index (χ0) is 19.6. The van der Waals surface area contributed by atoms with Crippen molar-refractivity contribution in [2.75, 3.05) is 5.43 Å². The molecule has 6 heteroatoms. The first kappa shape index (κ1) is 17.8. The summed E-state index contributed by atoms with van der Waals surface area (Å²) in [6.45, 7) is 0. The molecule has 1 aliphatic rings. The van der Waals surface area contributed by atoms with Crippen LogP contribution >= 0.6 is 11.3 Å². The second kappa shape index (κ2) is 7.64. The average Bonchev–Trinajstić information content (AvgIpc) is 3.14. The van der Waals surface area contributed by atoms with Gasteiger partial charge in [-0.1, -0.05) is 48.5 Å². The predicted octanol–water partition coefficient (Wildman–Crippen LogP) is 4.77. The molecule has 1 N–H and O–H groups in total. The molecule has 5 nitrogen and oxygen atoms in total. The second-order valence-electron chi connectivity index (χ2n) is 7.08. The number of nitrogens with one attached hydrogen (secondary N) is 1. The summed E-state index contributed by atoms with van der Waals surface area (Å²) in [5.41, 5.74) is 5.92. The number of hydrazone groups is 1. The van der Waals surface area contributed by atoms with Crippen LogP contribution in [0.15, 0.2) is 70.6 Å². The second-order valence-corrected chi connectivity index (χ2v) is 8.17. The van der Waals surface area contributed by atoms with Gasteiger partial charge >= 0.3 is 0 Å². The highest BCUT2D eigenvalue weighted by Gasteiger charge is 2.22. The Balaban J connectivity index is 1.65. The fourth-order valence-electron chi connectivity index (χ4n) is 3.80. The highest BCUT2D eigenvalue weighted by atomic mass is 32.1. The number of hydrogen-bond donors (Lipinski definition) is 1. The van der Waals surface area contributed by atoms with Crippen molar-refractivity contribution in [3.05, 3.63) is 87.0 Å². The van der Waals surface area contributed by atoms with E-state index >= 15 is 0 Å². The molecule has 0 bridgehead atoms. The Morgan fingerprint density at radius 3 is 2.52 bits per heavy atom. The van der Waals surface area contributed by atoms with Gasteiger partial charge in [-0.05, 0) is 48.9 Å². The van der Waals surface area contributed by atoms with Gasteiger partial charge in [0, 0.05) is 4.88 Å². The lowest BCUT2D eigenvalue weighted by Gasteiger charge is -2.13. The number of aryl methyl sites for hydroxylation is 2. The third-order valence-electron chi connectivity index (χ3n) is 5.18. The SMILES string of the molecule is O=c1c2c3c(sc2nc(N/N=C/c2ccccc2)n1-c1ccccc1)CCCC3. The van der Waals surface area contributed by atoms with E-state index in [-0.39, 0.29) is 5.56 Å². The van der Waals surface area contributed by atoms with Gasteiger partial charge in [0.05, 0.1) is 17.3 Å². The van der Waals surface area contributed by atoms with E-state index in [1.807, 2.05) is 60.7 Å². The molecule has 0 aliphatic heterocycles. The first-order valence-electron chi connectivity index (χ1n) is 9.78. The molecule has 4 aromatic rings. The number of fused-ring (bicyclic) bond motifs is 3. The lowest BCUT2D eigenvalue weighted by Crippen LogP contribution is -2.23. The molecule has 2 aromatic heterocycles. The third kappa shape index (κ3) is 3.36. The summed E-state index contributed by atoms with van der Waals surface area (Å²) < 4.78 is 1.63. The first-order valence-corrected chi connectivity index (χ1v) is 10.6. The van der Waals surface area contributed by atoms with Crippen molar-refractivity contribution in [2.45, 2.75) is 25.7 Å². The van der Waals surface area contributed by atoms with Crippen molar-refractivity contribution in [1.29, 1.82) is 0 Å². The van der Waals surface area contributed by atoms with E-state index < -0.39 is 0 Å². The van der Waals surface area contributed by atoms with Crippen LogP contribution in [-0.4, -0.2) is 15.8 Å². The summed E-state index contributed by atoms with van der Waals surface area (Å²) >= 11 is 1.65. The molecule has 1 aliphatic carbocycles. The van der Waals surface area contributed by atoms with E-state index in [0.717, 1.165) is 40.7 Å². The number of aromatic nitrogens is 2. The molecular formula is C23H20N4OS. The van der Waals surface area contributed by atoms with E-state index in [2.05, 4.69) is 10.5 Å². The number of anilines is 1. The Morgan fingerprint density at radius 2 is 1.72 bits per heavy atom. The lowest BCUT2D eigenvalue weighted by molar-refractivity contribution is 0.699. The van der Waals surface area contributed by atoms with Crippen molar-refractivity contribution in [2.24, 2.45) is 5.10 Å². The maximum Gasteiger partial charge on any atom is 0.268 e. The van der Waals surface area contributed by atoms with Crippen LogP contribution in [0.25, 0.3) is 15.9 Å². The van der Waals surface area contributed by atoms with Crippen LogP contribution in [0, 0.1) is 0 Å². The van der Waals surface area contributed by atoms with Gasteiger partial charge in [-0.25, -0.2) is 15.0 Å². The van der Waals surface area contributed by atoms with Crippen LogP contribution in [-0.2, 0) is 12.8 Å². The molecule has 0 unspecified atom stereocenters. The maximum atomic E-state index is 13.6. The summed E-state index contributed by atoms with van der Waals surface area (Å²) in [5, 5.41) is 5.10. The van der Waals surface area contributed by atoms with E-state index in [4.69, 9.17) is 4.98 Å². The average molecular weight is 401 g/mol. The standard InChI is InChI=1S/C23H20N4OS/c28-22-20-18-13-7-8-14-19(18)29-21(20)25-23(27(22)17-11-5-2-6-12-17)26-24-15-16-9-3-1-4-10-16/h1-6,9-12,15H,7-8,13-14H2,(H,25,26)/b24-15+. The van der Waals surface area contributed by atoms with E-state index in [1.165, 1.54) is 16.9 Å². The quantitative estimate of drug-likeness (QED) is 0.396. The lowest BCUT2D eigenvalue weighted by atomic mass is 9.97. The molecule has 144 valence electrons. The fraction of sp³-hybridized carbons (Fsp3) is 0.174. The van der Waals surface area contributed by atoms with Gasteiger partial charge in [-0.15, -0.1) is 11.3 Å².